The average molecular weight is 498 g/mol. The average Bonchev–Trinajstić information content (AvgIpc) is 2.78. The molecule has 0 radical (unpaired) electrons. The molecule has 11 heteroatoms. The Kier molecular flexibility index (Phi) is 9.74. The fourth-order valence-electron chi connectivity index (χ4n) is 2.76. The lowest BCUT2D eigenvalue weighted by Gasteiger charge is -2.18. The van der Waals surface area contributed by atoms with Crippen molar-refractivity contribution in [1.29, 1.82) is 0 Å². The van der Waals surface area contributed by atoms with Gasteiger partial charge in [0.15, 0.2) is 17.3 Å². The van der Waals surface area contributed by atoms with E-state index in [0.29, 0.717) is 30.5 Å². The Hall–Kier alpha value is -3.04. The molecule has 0 saturated carbocycles. The van der Waals surface area contributed by atoms with E-state index in [2.05, 4.69) is 15.5 Å². The maximum absolute atomic E-state index is 13.0. The molecule has 2 aromatic carbocycles. The Morgan fingerprint density at radius 2 is 1.64 bits per heavy atom. The second-order valence-corrected chi connectivity index (χ2v) is 7.31. The summed E-state index contributed by atoms with van der Waals surface area (Å²) < 4.78 is 21.6. The summed E-state index contributed by atoms with van der Waals surface area (Å²) in [5.74, 6) is 0.0429. The van der Waals surface area contributed by atoms with Gasteiger partial charge in [-0.3, -0.25) is 9.59 Å². The number of nitrogens with one attached hydrogen (secondary N) is 1. The number of hydrogen-bond acceptors (Lipinski definition) is 8. The van der Waals surface area contributed by atoms with Crippen molar-refractivity contribution in [3.8, 4) is 23.0 Å². The van der Waals surface area contributed by atoms with Gasteiger partial charge in [-0.2, -0.15) is 10.2 Å². The smallest absolute Gasteiger partial charge is 0.258 e. The number of anilines is 1. The summed E-state index contributed by atoms with van der Waals surface area (Å²) in [5, 5.41) is 11.0. The summed E-state index contributed by atoms with van der Waals surface area (Å²) >= 11 is 12.4. The summed E-state index contributed by atoms with van der Waals surface area (Å²) in [7, 11) is 2.89. The number of halogens is 2. The Morgan fingerprint density at radius 3 is 2.21 bits per heavy atom. The Labute approximate surface area is 202 Å². The number of benzene rings is 2. The minimum absolute atomic E-state index is 0.168. The van der Waals surface area contributed by atoms with Gasteiger partial charge in [-0.25, -0.2) is 0 Å². The fourth-order valence-corrected chi connectivity index (χ4v) is 3.20. The Morgan fingerprint density at radius 1 is 0.970 bits per heavy atom. The third kappa shape index (κ3) is 6.49. The molecule has 1 N–H and O–H groups in total. The number of carbonyl (C=O) groups excluding carboxylic acids is 2. The van der Waals surface area contributed by atoms with Crippen LogP contribution in [0.25, 0.3) is 0 Å². The zero-order chi connectivity index (χ0) is 24.5. The van der Waals surface area contributed by atoms with Crippen molar-refractivity contribution in [2.45, 2.75) is 26.8 Å². The van der Waals surface area contributed by atoms with Crippen molar-refractivity contribution in [1.82, 2.24) is 0 Å². The molecule has 0 saturated heterocycles. The molecule has 0 aliphatic heterocycles. The number of methoxy groups -OCH3 is 2. The van der Waals surface area contributed by atoms with Crippen LogP contribution in [0.5, 0.6) is 23.0 Å². The van der Waals surface area contributed by atoms with Crippen molar-refractivity contribution >= 4 is 46.3 Å². The maximum atomic E-state index is 13.0. The van der Waals surface area contributed by atoms with E-state index in [-0.39, 0.29) is 27.2 Å². The zero-order valence-electron chi connectivity index (χ0n) is 18.9. The van der Waals surface area contributed by atoms with E-state index in [1.807, 2.05) is 6.92 Å². The number of azo groups is 1. The van der Waals surface area contributed by atoms with Gasteiger partial charge in [0.25, 0.3) is 5.91 Å². The predicted octanol–water partition coefficient (Wildman–Crippen LogP) is 5.49. The molecule has 1 amide bonds. The van der Waals surface area contributed by atoms with Gasteiger partial charge in [0.1, 0.15) is 22.9 Å². The van der Waals surface area contributed by atoms with Crippen molar-refractivity contribution < 1.29 is 28.5 Å². The van der Waals surface area contributed by atoms with Crippen LogP contribution in [0.4, 0.5) is 11.4 Å². The second kappa shape index (κ2) is 12.3. The molecule has 0 aliphatic carbocycles. The van der Waals surface area contributed by atoms with Gasteiger partial charge in [-0.05, 0) is 39.0 Å². The van der Waals surface area contributed by atoms with Crippen LogP contribution in [0.1, 0.15) is 20.8 Å². The molecule has 0 aliphatic rings. The predicted molar refractivity (Wildman–Crippen MR) is 126 cm³/mol. The van der Waals surface area contributed by atoms with Gasteiger partial charge in [-0.15, -0.1) is 0 Å². The lowest BCUT2D eigenvalue weighted by atomic mass is 10.2. The van der Waals surface area contributed by atoms with Gasteiger partial charge in [0.2, 0.25) is 6.04 Å². The van der Waals surface area contributed by atoms with Crippen LogP contribution >= 0.6 is 23.2 Å². The minimum Gasteiger partial charge on any atom is -0.495 e. The Bertz CT molecular complexity index is 1050. The minimum atomic E-state index is -1.46. The van der Waals surface area contributed by atoms with Crippen molar-refractivity contribution in [3.05, 3.63) is 34.3 Å². The van der Waals surface area contributed by atoms with E-state index in [9.17, 15) is 9.59 Å². The maximum Gasteiger partial charge on any atom is 0.258 e. The zero-order valence-corrected chi connectivity index (χ0v) is 20.4. The first-order chi connectivity index (χ1) is 15.8. The highest BCUT2D eigenvalue weighted by Gasteiger charge is 2.26. The highest BCUT2D eigenvalue weighted by atomic mass is 35.5. The van der Waals surface area contributed by atoms with E-state index >= 15 is 0 Å². The summed E-state index contributed by atoms with van der Waals surface area (Å²) in [6, 6.07) is 4.70. The van der Waals surface area contributed by atoms with E-state index in [0.717, 1.165) is 0 Å². The molecule has 9 nitrogen and oxygen atoms in total. The van der Waals surface area contributed by atoms with Gasteiger partial charge in [0, 0.05) is 6.07 Å². The normalized spacial score (nSPS) is 11.7. The molecule has 0 bridgehead atoms. The van der Waals surface area contributed by atoms with Gasteiger partial charge < -0.3 is 24.3 Å². The number of hydrogen-bond donors (Lipinski definition) is 1. The van der Waals surface area contributed by atoms with Crippen LogP contribution in [-0.2, 0) is 9.59 Å². The summed E-state index contributed by atoms with van der Waals surface area (Å²) in [6.45, 7) is 5.50. The summed E-state index contributed by atoms with van der Waals surface area (Å²) in [4.78, 5) is 25.2. The molecule has 0 heterocycles. The molecule has 1 atom stereocenters. The number of carbonyl (C=O) groups is 2. The molecule has 0 spiro atoms. The molecule has 2 aromatic rings. The first-order valence-corrected chi connectivity index (χ1v) is 10.7. The fraction of sp³-hybridized carbons (Fsp3) is 0.364. The van der Waals surface area contributed by atoms with Gasteiger partial charge >= 0.3 is 0 Å². The molecule has 178 valence electrons. The first kappa shape index (κ1) is 26.2. The Balaban J connectivity index is 2.39. The quantitative estimate of drug-likeness (QED) is 0.324. The molecule has 0 fully saturated rings. The molecular weight excluding hydrogens is 473 g/mol. The van der Waals surface area contributed by atoms with Crippen LogP contribution in [0.3, 0.4) is 0 Å². The van der Waals surface area contributed by atoms with Crippen LogP contribution in [0.15, 0.2) is 34.5 Å². The van der Waals surface area contributed by atoms with Crippen LogP contribution in [0, 0.1) is 0 Å². The standard InChI is InChI=1S/C22H25Cl2N3O6/c1-6-32-16-9-8-13(23)20(21(16)33-7-2)25-22(29)19(12(3)28)27-26-15-10-14(24)17(30-4)11-18(15)31-5/h8-11,19H,6-7H2,1-5H3,(H,25,29). The van der Waals surface area contributed by atoms with Crippen LogP contribution in [0.2, 0.25) is 10.0 Å². The monoisotopic (exact) mass is 497 g/mol. The van der Waals surface area contributed by atoms with Gasteiger partial charge in [0.05, 0.1) is 37.5 Å². The lowest BCUT2D eigenvalue weighted by molar-refractivity contribution is -0.126. The van der Waals surface area contributed by atoms with E-state index in [1.54, 1.807) is 19.1 Å². The van der Waals surface area contributed by atoms with Crippen molar-refractivity contribution in [3.63, 3.8) is 0 Å². The topological polar surface area (TPSA) is 108 Å². The van der Waals surface area contributed by atoms with Gasteiger partial charge in [-0.1, -0.05) is 23.2 Å². The third-order valence-electron chi connectivity index (χ3n) is 4.28. The van der Waals surface area contributed by atoms with E-state index < -0.39 is 17.7 Å². The molecule has 1 unspecified atom stereocenters. The lowest BCUT2D eigenvalue weighted by Crippen LogP contribution is -2.32. The van der Waals surface area contributed by atoms with Crippen LogP contribution in [-0.4, -0.2) is 45.2 Å². The molecule has 0 aromatic heterocycles. The number of ketones is 1. The highest BCUT2D eigenvalue weighted by Crippen LogP contribution is 2.41. The molecule has 2 rings (SSSR count). The van der Waals surface area contributed by atoms with Crippen molar-refractivity contribution in [2.24, 2.45) is 10.2 Å². The number of nitrogens with zero attached hydrogens (tertiary/aromatic N) is 2. The molecular formula is C22H25Cl2N3O6. The number of ether oxygens (including phenoxy) is 4. The largest absolute Gasteiger partial charge is 0.495 e. The van der Waals surface area contributed by atoms with Crippen molar-refractivity contribution in [2.75, 3.05) is 32.8 Å². The summed E-state index contributed by atoms with van der Waals surface area (Å²) in [5.41, 5.74) is 0.384. The number of rotatable bonds is 11. The van der Waals surface area contributed by atoms with E-state index in [1.165, 1.54) is 33.3 Å². The molecule has 33 heavy (non-hydrogen) atoms. The SMILES string of the molecule is CCOc1ccc(Cl)c(NC(=O)C(N=Nc2cc(Cl)c(OC)cc2OC)C(C)=O)c1OCC. The third-order valence-corrected chi connectivity index (χ3v) is 4.89. The van der Waals surface area contributed by atoms with E-state index in [4.69, 9.17) is 42.1 Å². The highest BCUT2D eigenvalue weighted by molar-refractivity contribution is 6.34. The summed E-state index contributed by atoms with van der Waals surface area (Å²) in [6.07, 6.45) is 0. The number of amides is 1. The second-order valence-electron chi connectivity index (χ2n) is 6.49. The van der Waals surface area contributed by atoms with Crippen LogP contribution < -0.4 is 24.3 Å². The first-order valence-electron chi connectivity index (χ1n) is 9.99. The number of Topliss-reactive ketones (excluding diaryl/α,β-unsaturated/α-hetero) is 1.